The molecule has 2 aromatic rings. The first kappa shape index (κ1) is 17.6. The summed E-state index contributed by atoms with van der Waals surface area (Å²) in [5, 5.41) is 10.9. The molecular weight excluding hydrogens is 320 g/mol. The van der Waals surface area contributed by atoms with Crippen LogP contribution in [0.2, 0.25) is 0 Å². The van der Waals surface area contributed by atoms with Crippen LogP contribution in [0, 0.1) is 13.8 Å². The maximum atomic E-state index is 5.54. The van der Waals surface area contributed by atoms with Crippen LogP contribution in [0.5, 0.6) is 5.88 Å². The van der Waals surface area contributed by atoms with Crippen LogP contribution in [0.1, 0.15) is 37.0 Å². The molecule has 1 N–H and O–H groups in total. The number of nitrogens with one attached hydrogen (secondary N) is 1. The standard InChI is InChI=1S/C17H26N6O2/c1-4-14-11-16(20-13(3)19-14)23-8-5-15(6-9-23)18-7-10-24-17-12(2)21-25-22-17/h11,15,18H,4-10H2,1-3H3. The molecule has 1 aliphatic heterocycles. The van der Waals surface area contributed by atoms with Gasteiger partial charge in [0, 0.05) is 37.4 Å². The van der Waals surface area contributed by atoms with Gasteiger partial charge in [0.1, 0.15) is 23.9 Å². The van der Waals surface area contributed by atoms with E-state index < -0.39 is 0 Å². The lowest BCUT2D eigenvalue weighted by atomic mass is 10.1. The number of ether oxygens (including phenoxy) is 1. The van der Waals surface area contributed by atoms with Gasteiger partial charge in [-0.2, -0.15) is 0 Å². The predicted octanol–water partition coefficient (Wildman–Crippen LogP) is 1.68. The third-order valence-electron chi connectivity index (χ3n) is 4.44. The third kappa shape index (κ3) is 4.66. The molecular formula is C17H26N6O2. The zero-order chi connectivity index (χ0) is 17.6. The molecule has 1 aliphatic rings. The van der Waals surface area contributed by atoms with Crippen molar-refractivity contribution in [2.24, 2.45) is 0 Å². The molecule has 136 valence electrons. The molecule has 3 heterocycles. The van der Waals surface area contributed by atoms with Crippen LogP contribution in [0.15, 0.2) is 10.7 Å². The fourth-order valence-electron chi connectivity index (χ4n) is 3.03. The van der Waals surface area contributed by atoms with Crippen molar-refractivity contribution >= 4 is 5.82 Å². The number of aromatic nitrogens is 4. The number of nitrogens with zero attached hydrogens (tertiary/aromatic N) is 5. The largest absolute Gasteiger partial charge is 0.473 e. The first-order valence-corrected chi connectivity index (χ1v) is 8.90. The highest BCUT2D eigenvalue weighted by Gasteiger charge is 2.20. The minimum absolute atomic E-state index is 0.475. The Labute approximate surface area is 147 Å². The molecule has 0 aromatic carbocycles. The van der Waals surface area contributed by atoms with E-state index in [1.165, 1.54) is 0 Å². The van der Waals surface area contributed by atoms with E-state index in [2.05, 4.69) is 48.1 Å². The molecule has 0 saturated carbocycles. The van der Waals surface area contributed by atoms with E-state index in [0.717, 1.165) is 56.2 Å². The van der Waals surface area contributed by atoms with Gasteiger partial charge in [-0.3, -0.25) is 0 Å². The summed E-state index contributed by atoms with van der Waals surface area (Å²) in [5.74, 6) is 2.38. The minimum atomic E-state index is 0.475. The molecule has 1 saturated heterocycles. The van der Waals surface area contributed by atoms with Gasteiger partial charge in [-0.25, -0.2) is 14.6 Å². The maximum absolute atomic E-state index is 5.54. The van der Waals surface area contributed by atoms with Gasteiger partial charge >= 0.3 is 0 Å². The molecule has 8 heteroatoms. The summed E-state index contributed by atoms with van der Waals surface area (Å²) < 4.78 is 10.1. The number of anilines is 1. The van der Waals surface area contributed by atoms with Crippen molar-refractivity contribution < 1.29 is 9.37 Å². The second-order valence-corrected chi connectivity index (χ2v) is 6.34. The summed E-state index contributed by atoms with van der Waals surface area (Å²) in [6, 6.07) is 2.62. The predicted molar refractivity (Wildman–Crippen MR) is 93.9 cm³/mol. The Bertz CT molecular complexity index is 682. The molecule has 3 rings (SSSR count). The van der Waals surface area contributed by atoms with Crippen LogP contribution in [0.3, 0.4) is 0 Å². The molecule has 0 atom stereocenters. The molecule has 0 unspecified atom stereocenters. The van der Waals surface area contributed by atoms with E-state index >= 15 is 0 Å². The zero-order valence-electron chi connectivity index (χ0n) is 15.2. The Hall–Kier alpha value is -2.22. The highest BCUT2D eigenvalue weighted by Crippen LogP contribution is 2.19. The van der Waals surface area contributed by atoms with E-state index in [9.17, 15) is 0 Å². The fourth-order valence-corrected chi connectivity index (χ4v) is 3.03. The lowest BCUT2D eigenvalue weighted by Gasteiger charge is -2.33. The Balaban J connectivity index is 1.41. The second-order valence-electron chi connectivity index (χ2n) is 6.34. The van der Waals surface area contributed by atoms with Crippen molar-refractivity contribution in [3.05, 3.63) is 23.3 Å². The normalized spacial score (nSPS) is 15.6. The smallest absolute Gasteiger partial charge is 0.278 e. The molecule has 25 heavy (non-hydrogen) atoms. The summed E-state index contributed by atoms with van der Waals surface area (Å²) in [4.78, 5) is 11.4. The Morgan fingerprint density at radius 2 is 2.04 bits per heavy atom. The summed E-state index contributed by atoms with van der Waals surface area (Å²) >= 11 is 0. The van der Waals surface area contributed by atoms with Gasteiger partial charge in [-0.15, -0.1) is 0 Å². The topological polar surface area (TPSA) is 89.2 Å². The first-order chi connectivity index (χ1) is 12.2. The molecule has 2 aromatic heterocycles. The Morgan fingerprint density at radius 1 is 1.24 bits per heavy atom. The van der Waals surface area contributed by atoms with E-state index in [1.54, 1.807) is 0 Å². The van der Waals surface area contributed by atoms with Crippen LogP contribution in [-0.4, -0.2) is 52.6 Å². The molecule has 0 spiro atoms. The van der Waals surface area contributed by atoms with Crippen LogP contribution in [0.25, 0.3) is 0 Å². The number of piperidine rings is 1. The van der Waals surface area contributed by atoms with Crippen molar-refractivity contribution in [2.45, 2.75) is 46.1 Å². The first-order valence-electron chi connectivity index (χ1n) is 8.90. The highest BCUT2D eigenvalue weighted by atomic mass is 16.6. The number of aryl methyl sites for hydroxylation is 3. The Morgan fingerprint density at radius 3 is 2.72 bits per heavy atom. The summed E-state index contributed by atoms with van der Waals surface area (Å²) in [7, 11) is 0. The number of hydrogen-bond donors (Lipinski definition) is 1. The van der Waals surface area contributed by atoms with Crippen molar-refractivity contribution in [1.29, 1.82) is 0 Å². The SMILES string of the molecule is CCc1cc(N2CCC(NCCOc3nonc3C)CC2)nc(C)n1. The average Bonchev–Trinajstić information content (AvgIpc) is 3.03. The Kier molecular flexibility index (Phi) is 5.80. The van der Waals surface area contributed by atoms with Gasteiger partial charge in [0.2, 0.25) is 0 Å². The van der Waals surface area contributed by atoms with Crippen LogP contribution >= 0.6 is 0 Å². The summed E-state index contributed by atoms with van der Waals surface area (Å²) in [6.45, 7) is 9.25. The molecule has 8 nitrogen and oxygen atoms in total. The van der Waals surface area contributed by atoms with Gasteiger partial charge in [0.15, 0.2) is 0 Å². The van der Waals surface area contributed by atoms with Crippen molar-refractivity contribution in [2.75, 3.05) is 31.1 Å². The van der Waals surface area contributed by atoms with Gasteiger partial charge in [0.05, 0.1) is 0 Å². The van der Waals surface area contributed by atoms with Crippen LogP contribution in [0.4, 0.5) is 5.82 Å². The van der Waals surface area contributed by atoms with Crippen LogP contribution < -0.4 is 15.0 Å². The lowest BCUT2D eigenvalue weighted by Crippen LogP contribution is -2.44. The molecule has 0 radical (unpaired) electrons. The van der Waals surface area contributed by atoms with Crippen molar-refractivity contribution in [3.63, 3.8) is 0 Å². The summed E-state index contributed by atoms with van der Waals surface area (Å²) in [5.41, 5.74) is 1.79. The fraction of sp³-hybridized carbons (Fsp3) is 0.647. The van der Waals surface area contributed by atoms with Crippen LogP contribution in [-0.2, 0) is 6.42 Å². The second kappa shape index (κ2) is 8.24. The molecule has 0 bridgehead atoms. The average molecular weight is 346 g/mol. The minimum Gasteiger partial charge on any atom is -0.473 e. The van der Waals surface area contributed by atoms with E-state index in [-0.39, 0.29) is 0 Å². The van der Waals surface area contributed by atoms with Gasteiger partial charge in [-0.05, 0) is 38.3 Å². The molecule has 1 fully saturated rings. The third-order valence-corrected chi connectivity index (χ3v) is 4.44. The number of hydrogen-bond acceptors (Lipinski definition) is 8. The number of rotatable bonds is 7. The van der Waals surface area contributed by atoms with Crippen molar-refractivity contribution in [3.8, 4) is 5.88 Å². The van der Waals surface area contributed by atoms with Crippen molar-refractivity contribution in [1.82, 2.24) is 25.6 Å². The quantitative estimate of drug-likeness (QED) is 0.758. The highest BCUT2D eigenvalue weighted by molar-refractivity contribution is 5.40. The lowest BCUT2D eigenvalue weighted by molar-refractivity contribution is 0.249. The van der Waals surface area contributed by atoms with Gasteiger partial charge in [-0.1, -0.05) is 12.1 Å². The molecule has 0 amide bonds. The maximum Gasteiger partial charge on any atom is 0.278 e. The zero-order valence-corrected chi connectivity index (χ0v) is 15.2. The van der Waals surface area contributed by atoms with E-state index in [4.69, 9.17) is 4.74 Å². The summed E-state index contributed by atoms with van der Waals surface area (Å²) in [6.07, 6.45) is 3.12. The molecule has 0 aliphatic carbocycles. The monoisotopic (exact) mass is 346 g/mol. The van der Waals surface area contributed by atoms with Gasteiger partial charge < -0.3 is 15.0 Å². The van der Waals surface area contributed by atoms with E-state index in [0.29, 0.717) is 24.2 Å². The van der Waals surface area contributed by atoms with Gasteiger partial charge in [0.25, 0.3) is 5.88 Å². The van der Waals surface area contributed by atoms with E-state index in [1.807, 2.05) is 13.8 Å².